The zero-order valence-corrected chi connectivity index (χ0v) is 11.0. The third-order valence-electron chi connectivity index (χ3n) is 3.19. The highest BCUT2D eigenvalue weighted by Crippen LogP contribution is 2.28. The highest BCUT2D eigenvalue weighted by Gasteiger charge is 2.27. The molecule has 1 aliphatic carbocycles. The SMILES string of the molecule is COC(=O)C1CCC(Oc2cncc(Cl)c2)CC1. The number of ether oxygens (including phenoxy) is 2. The number of rotatable bonds is 3. The van der Waals surface area contributed by atoms with Crippen LogP contribution in [0, 0.1) is 5.92 Å². The summed E-state index contributed by atoms with van der Waals surface area (Å²) in [5.41, 5.74) is 0. The van der Waals surface area contributed by atoms with E-state index in [1.807, 2.05) is 0 Å². The summed E-state index contributed by atoms with van der Waals surface area (Å²) in [6.45, 7) is 0. The van der Waals surface area contributed by atoms with Gasteiger partial charge in [0.15, 0.2) is 0 Å². The van der Waals surface area contributed by atoms with Gasteiger partial charge >= 0.3 is 5.97 Å². The van der Waals surface area contributed by atoms with Gasteiger partial charge in [-0.05, 0) is 25.7 Å². The third-order valence-corrected chi connectivity index (χ3v) is 3.40. The van der Waals surface area contributed by atoms with Crippen LogP contribution >= 0.6 is 11.6 Å². The van der Waals surface area contributed by atoms with Crippen LogP contribution in [0.1, 0.15) is 25.7 Å². The molecule has 0 radical (unpaired) electrons. The van der Waals surface area contributed by atoms with Crippen LogP contribution in [-0.2, 0) is 9.53 Å². The lowest BCUT2D eigenvalue weighted by Gasteiger charge is -2.27. The maximum absolute atomic E-state index is 11.4. The van der Waals surface area contributed by atoms with Gasteiger partial charge in [0.05, 0.1) is 30.4 Å². The van der Waals surface area contributed by atoms with Crippen molar-refractivity contribution >= 4 is 17.6 Å². The Bertz CT molecular complexity index is 416. The number of methoxy groups -OCH3 is 1. The fourth-order valence-corrected chi connectivity index (χ4v) is 2.40. The second-order valence-corrected chi connectivity index (χ2v) is 4.89. The number of halogens is 1. The normalized spacial score (nSPS) is 23.4. The molecule has 0 aliphatic heterocycles. The summed E-state index contributed by atoms with van der Waals surface area (Å²) in [6, 6.07) is 1.75. The minimum Gasteiger partial charge on any atom is -0.489 e. The first-order valence-electron chi connectivity index (χ1n) is 6.04. The fourth-order valence-electron chi connectivity index (χ4n) is 2.23. The third kappa shape index (κ3) is 3.35. The summed E-state index contributed by atoms with van der Waals surface area (Å²) < 4.78 is 10.6. The van der Waals surface area contributed by atoms with Gasteiger partial charge in [0.2, 0.25) is 0 Å². The molecule has 0 atom stereocenters. The minimum atomic E-state index is -0.113. The second-order valence-electron chi connectivity index (χ2n) is 4.45. The van der Waals surface area contributed by atoms with Crippen molar-refractivity contribution in [3.05, 3.63) is 23.5 Å². The standard InChI is InChI=1S/C13H16ClNO3/c1-17-13(16)9-2-4-11(5-3-9)18-12-6-10(14)7-15-8-12/h6-9,11H,2-5H2,1H3. The van der Waals surface area contributed by atoms with Gasteiger partial charge in [-0.25, -0.2) is 0 Å². The number of esters is 1. The van der Waals surface area contributed by atoms with Crippen LogP contribution in [0.15, 0.2) is 18.5 Å². The molecule has 1 saturated carbocycles. The summed E-state index contributed by atoms with van der Waals surface area (Å²) in [6.07, 6.45) is 6.68. The maximum Gasteiger partial charge on any atom is 0.308 e. The molecule has 0 N–H and O–H groups in total. The molecule has 1 aliphatic rings. The van der Waals surface area contributed by atoms with E-state index in [1.54, 1.807) is 18.5 Å². The molecule has 98 valence electrons. The Balaban J connectivity index is 1.85. The number of pyridine rings is 1. The lowest BCUT2D eigenvalue weighted by atomic mass is 9.87. The number of carbonyl (C=O) groups excluding carboxylic acids is 1. The van der Waals surface area contributed by atoms with E-state index in [0.717, 1.165) is 25.7 Å². The van der Waals surface area contributed by atoms with Crippen molar-refractivity contribution in [3.63, 3.8) is 0 Å². The Morgan fingerprint density at radius 2 is 2.06 bits per heavy atom. The van der Waals surface area contributed by atoms with E-state index in [2.05, 4.69) is 4.98 Å². The molecule has 18 heavy (non-hydrogen) atoms. The van der Waals surface area contributed by atoms with E-state index in [4.69, 9.17) is 21.1 Å². The van der Waals surface area contributed by atoms with Crippen molar-refractivity contribution in [2.45, 2.75) is 31.8 Å². The smallest absolute Gasteiger partial charge is 0.308 e. The Morgan fingerprint density at radius 3 is 2.67 bits per heavy atom. The van der Waals surface area contributed by atoms with Gasteiger partial charge < -0.3 is 9.47 Å². The molecular formula is C13H16ClNO3. The summed E-state index contributed by atoms with van der Waals surface area (Å²) in [4.78, 5) is 15.4. The van der Waals surface area contributed by atoms with Gasteiger partial charge in [-0.1, -0.05) is 11.6 Å². The number of hydrogen-bond acceptors (Lipinski definition) is 4. The van der Waals surface area contributed by atoms with Crippen LogP contribution in [0.2, 0.25) is 5.02 Å². The quantitative estimate of drug-likeness (QED) is 0.792. The topological polar surface area (TPSA) is 48.4 Å². The number of hydrogen-bond donors (Lipinski definition) is 0. The van der Waals surface area contributed by atoms with Gasteiger partial charge in [0.1, 0.15) is 5.75 Å². The first kappa shape index (κ1) is 13.1. The van der Waals surface area contributed by atoms with Crippen molar-refractivity contribution in [3.8, 4) is 5.75 Å². The summed E-state index contributed by atoms with van der Waals surface area (Å²) >= 11 is 5.84. The van der Waals surface area contributed by atoms with Crippen LogP contribution in [-0.4, -0.2) is 24.2 Å². The average Bonchev–Trinajstić information content (AvgIpc) is 2.39. The van der Waals surface area contributed by atoms with Gasteiger partial charge in [0.25, 0.3) is 0 Å². The molecule has 0 aromatic carbocycles. The molecule has 0 saturated heterocycles. The van der Waals surface area contributed by atoms with Crippen LogP contribution < -0.4 is 4.74 Å². The van der Waals surface area contributed by atoms with Gasteiger partial charge in [-0.3, -0.25) is 9.78 Å². The molecular weight excluding hydrogens is 254 g/mol. The monoisotopic (exact) mass is 269 g/mol. The van der Waals surface area contributed by atoms with Crippen LogP contribution in [0.25, 0.3) is 0 Å². The summed E-state index contributed by atoms with van der Waals surface area (Å²) in [5.74, 6) is 0.592. The highest BCUT2D eigenvalue weighted by molar-refractivity contribution is 6.30. The van der Waals surface area contributed by atoms with Crippen molar-refractivity contribution in [1.82, 2.24) is 4.98 Å². The summed E-state index contributed by atoms with van der Waals surface area (Å²) in [7, 11) is 1.43. The van der Waals surface area contributed by atoms with Crippen LogP contribution in [0.4, 0.5) is 0 Å². The number of carbonyl (C=O) groups is 1. The lowest BCUT2D eigenvalue weighted by Crippen LogP contribution is -2.28. The average molecular weight is 270 g/mol. The van der Waals surface area contributed by atoms with Gasteiger partial charge in [0, 0.05) is 12.3 Å². The molecule has 1 fully saturated rings. The van der Waals surface area contributed by atoms with E-state index in [1.165, 1.54) is 7.11 Å². The largest absolute Gasteiger partial charge is 0.489 e. The predicted octanol–water partition coefficient (Wildman–Crippen LogP) is 2.85. The highest BCUT2D eigenvalue weighted by atomic mass is 35.5. The molecule has 1 heterocycles. The molecule has 1 aromatic rings. The van der Waals surface area contributed by atoms with E-state index in [9.17, 15) is 4.79 Å². The first-order chi connectivity index (χ1) is 8.69. The Morgan fingerprint density at radius 1 is 1.33 bits per heavy atom. The molecule has 5 heteroatoms. The Kier molecular flexibility index (Phi) is 4.42. The van der Waals surface area contributed by atoms with Crippen molar-refractivity contribution in [2.24, 2.45) is 5.92 Å². The predicted molar refractivity (Wildman–Crippen MR) is 67.6 cm³/mol. The number of aromatic nitrogens is 1. The second kappa shape index (κ2) is 6.05. The first-order valence-corrected chi connectivity index (χ1v) is 6.42. The molecule has 0 amide bonds. The lowest BCUT2D eigenvalue weighted by molar-refractivity contribution is -0.147. The Hall–Kier alpha value is -1.29. The van der Waals surface area contributed by atoms with Gasteiger partial charge in [-0.2, -0.15) is 0 Å². The molecule has 4 nitrogen and oxygen atoms in total. The van der Waals surface area contributed by atoms with E-state index >= 15 is 0 Å². The number of nitrogens with zero attached hydrogens (tertiary/aromatic N) is 1. The molecule has 2 rings (SSSR count). The summed E-state index contributed by atoms with van der Waals surface area (Å²) in [5, 5.41) is 0.566. The maximum atomic E-state index is 11.4. The molecule has 0 bridgehead atoms. The minimum absolute atomic E-state index is 0.0207. The van der Waals surface area contributed by atoms with Crippen molar-refractivity contribution < 1.29 is 14.3 Å². The zero-order valence-electron chi connectivity index (χ0n) is 10.3. The fraction of sp³-hybridized carbons (Fsp3) is 0.538. The zero-order chi connectivity index (χ0) is 13.0. The van der Waals surface area contributed by atoms with Crippen LogP contribution in [0.3, 0.4) is 0 Å². The van der Waals surface area contributed by atoms with E-state index in [-0.39, 0.29) is 18.0 Å². The van der Waals surface area contributed by atoms with E-state index in [0.29, 0.717) is 10.8 Å². The van der Waals surface area contributed by atoms with Crippen molar-refractivity contribution in [2.75, 3.05) is 7.11 Å². The molecule has 1 aromatic heterocycles. The molecule has 0 unspecified atom stereocenters. The van der Waals surface area contributed by atoms with Crippen LogP contribution in [0.5, 0.6) is 5.75 Å². The van der Waals surface area contributed by atoms with E-state index < -0.39 is 0 Å². The molecule has 0 spiro atoms. The van der Waals surface area contributed by atoms with Crippen molar-refractivity contribution in [1.29, 1.82) is 0 Å². The Labute approximate surface area is 111 Å². The van der Waals surface area contributed by atoms with Gasteiger partial charge in [-0.15, -0.1) is 0 Å².